The van der Waals surface area contributed by atoms with E-state index in [1.54, 1.807) is 29.1 Å². The second kappa shape index (κ2) is 6.47. The van der Waals surface area contributed by atoms with Crippen LogP contribution in [-0.4, -0.2) is 15.7 Å². The number of anilines is 1. The third-order valence-electron chi connectivity index (χ3n) is 6.90. The molecule has 1 amide bonds. The van der Waals surface area contributed by atoms with E-state index in [9.17, 15) is 9.18 Å². The van der Waals surface area contributed by atoms with E-state index in [1.807, 2.05) is 6.07 Å². The van der Waals surface area contributed by atoms with Gasteiger partial charge in [-0.25, -0.2) is 4.39 Å². The number of carbonyl (C=O) groups excluding carboxylic acids is 1. The average Bonchev–Trinajstić information content (AvgIpc) is 3.02. The maximum absolute atomic E-state index is 13.8. The summed E-state index contributed by atoms with van der Waals surface area (Å²) in [6.45, 7) is 0.359. The van der Waals surface area contributed by atoms with Crippen molar-refractivity contribution >= 4 is 11.7 Å². The normalized spacial score (nSPS) is 31.2. The molecule has 0 spiro atoms. The van der Waals surface area contributed by atoms with Gasteiger partial charge in [0.25, 0.3) is 0 Å². The summed E-state index contributed by atoms with van der Waals surface area (Å²) in [7, 11) is 0. The number of nitrogens with one attached hydrogen (secondary N) is 1. The monoisotopic (exact) mass is 367 g/mol. The van der Waals surface area contributed by atoms with Crippen LogP contribution in [0.25, 0.3) is 0 Å². The fourth-order valence-electron chi connectivity index (χ4n) is 6.35. The van der Waals surface area contributed by atoms with Gasteiger partial charge in [0.2, 0.25) is 5.91 Å². The lowest BCUT2D eigenvalue weighted by Gasteiger charge is -2.56. The molecular weight excluding hydrogens is 341 g/mol. The Hall–Kier alpha value is -2.17. The van der Waals surface area contributed by atoms with Gasteiger partial charge in [0, 0.05) is 24.2 Å². The molecule has 1 aromatic carbocycles. The quantitative estimate of drug-likeness (QED) is 0.838. The molecule has 0 aliphatic heterocycles. The third kappa shape index (κ3) is 3.40. The van der Waals surface area contributed by atoms with Crippen LogP contribution in [-0.2, 0) is 11.3 Å². The van der Waals surface area contributed by atoms with Crippen LogP contribution in [0.1, 0.15) is 50.5 Å². The molecule has 0 unspecified atom stereocenters. The van der Waals surface area contributed by atoms with Crippen molar-refractivity contribution in [1.82, 2.24) is 9.78 Å². The number of hydrogen-bond donors (Lipinski definition) is 1. The molecule has 6 rings (SSSR count). The molecule has 4 aliphatic carbocycles. The Balaban J connectivity index is 1.22. The number of benzene rings is 1. The van der Waals surface area contributed by atoms with Crippen LogP contribution in [0.2, 0.25) is 0 Å². The first-order valence-corrected chi connectivity index (χ1v) is 10.1. The molecule has 1 aromatic heterocycles. The smallest absolute Gasteiger partial charge is 0.226 e. The van der Waals surface area contributed by atoms with Crippen molar-refractivity contribution in [2.75, 3.05) is 5.32 Å². The van der Waals surface area contributed by atoms with Crippen LogP contribution in [0.5, 0.6) is 0 Å². The minimum Gasteiger partial charge on any atom is -0.309 e. The van der Waals surface area contributed by atoms with E-state index in [-0.39, 0.29) is 17.1 Å². The Bertz CT molecular complexity index is 823. The largest absolute Gasteiger partial charge is 0.309 e. The van der Waals surface area contributed by atoms with Crippen LogP contribution in [0, 0.1) is 29.0 Å². The highest BCUT2D eigenvalue weighted by Gasteiger charge is 2.51. The Morgan fingerprint density at radius 3 is 2.44 bits per heavy atom. The van der Waals surface area contributed by atoms with E-state index >= 15 is 0 Å². The molecular formula is C22H26FN3O. The summed E-state index contributed by atoms with van der Waals surface area (Å²) in [5, 5.41) is 7.37. The minimum atomic E-state index is -0.236. The van der Waals surface area contributed by atoms with E-state index in [0.717, 1.165) is 17.8 Å². The molecule has 0 saturated heterocycles. The first-order chi connectivity index (χ1) is 13.1. The molecule has 4 saturated carbocycles. The third-order valence-corrected chi connectivity index (χ3v) is 6.90. The van der Waals surface area contributed by atoms with Crippen molar-refractivity contribution in [2.45, 2.75) is 51.5 Å². The molecule has 5 heteroatoms. The first-order valence-electron chi connectivity index (χ1n) is 10.1. The molecule has 2 aromatic rings. The van der Waals surface area contributed by atoms with Gasteiger partial charge in [0.05, 0.1) is 6.54 Å². The zero-order valence-electron chi connectivity index (χ0n) is 15.5. The van der Waals surface area contributed by atoms with Crippen molar-refractivity contribution in [1.29, 1.82) is 0 Å². The minimum absolute atomic E-state index is 0.0769. The number of carbonyl (C=O) groups is 1. The van der Waals surface area contributed by atoms with Crippen LogP contribution in [0.15, 0.2) is 36.5 Å². The highest BCUT2D eigenvalue weighted by molar-refractivity contribution is 5.90. The van der Waals surface area contributed by atoms with Gasteiger partial charge in [-0.2, -0.15) is 5.10 Å². The Kier molecular flexibility index (Phi) is 4.06. The fraction of sp³-hybridized carbons (Fsp3) is 0.545. The number of rotatable bonds is 5. The lowest BCUT2D eigenvalue weighted by molar-refractivity contribution is -0.124. The number of nitrogens with zero attached hydrogens (tertiary/aromatic N) is 2. The van der Waals surface area contributed by atoms with Crippen molar-refractivity contribution in [3.63, 3.8) is 0 Å². The van der Waals surface area contributed by atoms with E-state index in [0.29, 0.717) is 24.3 Å². The lowest BCUT2D eigenvalue weighted by Crippen LogP contribution is -2.47. The maximum Gasteiger partial charge on any atom is 0.226 e. The van der Waals surface area contributed by atoms with E-state index < -0.39 is 0 Å². The Morgan fingerprint density at radius 2 is 1.78 bits per heavy atom. The lowest BCUT2D eigenvalue weighted by atomic mass is 9.49. The molecule has 0 atom stereocenters. The topological polar surface area (TPSA) is 46.9 Å². The summed E-state index contributed by atoms with van der Waals surface area (Å²) in [4.78, 5) is 12.7. The van der Waals surface area contributed by atoms with Crippen molar-refractivity contribution in [3.8, 4) is 0 Å². The number of aromatic nitrogens is 2. The fourth-order valence-corrected chi connectivity index (χ4v) is 6.35. The van der Waals surface area contributed by atoms with Gasteiger partial charge >= 0.3 is 0 Å². The second-order valence-electron chi connectivity index (χ2n) is 9.13. The molecule has 1 heterocycles. The standard InChI is InChI=1S/C22H26FN3O/c23-19-4-2-1-3-18(19)14-26-6-5-20(25-26)24-21(27)13-22-10-15-7-16(11-22)9-17(8-15)12-22/h1-6,15-17H,7-14H2,(H,24,25,27). The van der Waals surface area contributed by atoms with Crippen LogP contribution in [0.4, 0.5) is 10.2 Å². The van der Waals surface area contributed by atoms with Gasteiger partial charge in [0.15, 0.2) is 5.82 Å². The van der Waals surface area contributed by atoms with Gasteiger partial charge in [-0.15, -0.1) is 0 Å². The summed E-state index contributed by atoms with van der Waals surface area (Å²) >= 11 is 0. The van der Waals surface area contributed by atoms with Gasteiger partial charge in [-0.05, 0) is 67.8 Å². The van der Waals surface area contributed by atoms with Crippen LogP contribution in [0.3, 0.4) is 0 Å². The highest BCUT2D eigenvalue weighted by atomic mass is 19.1. The highest BCUT2D eigenvalue weighted by Crippen LogP contribution is 2.61. The maximum atomic E-state index is 13.8. The van der Waals surface area contributed by atoms with Crippen molar-refractivity contribution in [2.24, 2.45) is 23.2 Å². The molecule has 4 aliphatic rings. The summed E-state index contributed by atoms with van der Waals surface area (Å²) in [6.07, 6.45) is 10.3. The van der Waals surface area contributed by atoms with Crippen molar-refractivity contribution < 1.29 is 9.18 Å². The van der Waals surface area contributed by atoms with Gasteiger partial charge < -0.3 is 5.32 Å². The molecule has 4 bridgehead atoms. The predicted octanol–water partition coefficient (Wildman–Crippen LogP) is 4.62. The summed E-state index contributed by atoms with van der Waals surface area (Å²) < 4.78 is 15.5. The number of amides is 1. The molecule has 1 N–H and O–H groups in total. The van der Waals surface area contributed by atoms with E-state index in [1.165, 1.54) is 44.6 Å². The number of halogens is 1. The molecule has 4 fully saturated rings. The van der Waals surface area contributed by atoms with Gasteiger partial charge in [-0.1, -0.05) is 18.2 Å². The SMILES string of the molecule is O=C(CC12CC3CC(CC(C3)C1)C2)Nc1ccn(Cc2ccccc2F)n1. The van der Waals surface area contributed by atoms with E-state index in [2.05, 4.69) is 10.4 Å². The number of hydrogen-bond acceptors (Lipinski definition) is 2. The second-order valence-corrected chi connectivity index (χ2v) is 9.13. The summed E-state index contributed by atoms with van der Waals surface area (Å²) in [5.41, 5.74) is 0.821. The molecule has 4 nitrogen and oxygen atoms in total. The average molecular weight is 367 g/mol. The van der Waals surface area contributed by atoms with Crippen LogP contribution >= 0.6 is 0 Å². The molecule has 0 radical (unpaired) electrons. The Labute approximate surface area is 159 Å². The van der Waals surface area contributed by atoms with Crippen LogP contribution < -0.4 is 5.32 Å². The van der Waals surface area contributed by atoms with Gasteiger partial charge in [-0.3, -0.25) is 9.48 Å². The predicted molar refractivity (Wildman–Crippen MR) is 102 cm³/mol. The van der Waals surface area contributed by atoms with Crippen molar-refractivity contribution in [3.05, 3.63) is 47.9 Å². The molecule has 142 valence electrons. The molecule has 27 heavy (non-hydrogen) atoms. The summed E-state index contributed by atoms with van der Waals surface area (Å²) in [6, 6.07) is 8.49. The Morgan fingerprint density at radius 1 is 1.11 bits per heavy atom. The van der Waals surface area contributed by atoms with E-state index in [4.69, 9.17) is 0 Å². The van der Waals surface area contributed by atoms with Gasteiger partial charge in [0.1, 0.15) is 5.82 Å². The first kappa shape index (κ1) is 17.0. The summed E-state index contributed by atoms with van der Waals surface area (Å²) in [5.74, 6) is 2.95. The zero-order chi connectivity index (χ0) is 18.4. The zero-order valence-corrected chi connectivity index (χ0v) is 15.5.